The summed E-state index contributed by atoms with van der Waals surface area (Å²) in [5.41, 5.74) is 0. The van der Waals surface area contributed by atoms with Crippen molar-refractivity contribution in [1.82, 2.24) is 14.5 Å². The number of fused-ring (bicyclic) bond motifs is 1. The molecule has 0 amide bonds. The summed E-state index contributed by atoms with van der Waals surface area (Å²) in [6, 6.07) is 0.876. The first-order valence-electron chi connectivity index (χ1n) is 6.54. The number of aromatic nitrogens is 3. The van der Waals surface area contributed by atoms with Crippen molar-refractivity contribution in [3.05, 3.63) is 35.9 Å². The fourth-order valence-corrected chi connectivity index (χ4v) is 2.32. The molecule has 2 aromatic rings. The molecule has 1 aliphatic heterocycles. The summed E-state index contributed by atoms with van der Waals surface area (Å²) < 4.78 is 29.5. The van der Waals surface area contributed by atoms with Gasteiger partial charge in [-0.2, -0.15) is 0 Å². The highest BCUT2D eigenvalue weighted by molar-refractivity contribution is 5.49. The van der Waals surface area contributed by atoms with Gasteiger partial charge in [-0.05, 0) is 6.92 Å². The topological polar surface area (TPSA) is 46.0 Å². The van der Waals surface area contributed by atoms with E-state index in [2.05, 4.69) is 15.3 Å². The Hall–Kier alpha value is -2.18. The third-order valence-electron chi connectivity index (χ3n) is 3.30. The van der Waals surface area contributed by atoms with E-state index in [0.717, 1.165) is 11.9 Å². The van der Waals surface area contributed by atoms with Gasteiger partial charge in [0.05, 0.1) is 6.54 Å². The standard InChI is InChI=1S/C13H15F2N5/c1-2-16-12-9(14)7-10(15)13(18-12)20-6-5-19-4-3-17-11(19)8-20/h3-4,7H,2,5-6,8H2,1H3,(H,16,18). The molecule has 3 rings (SSSR count). The molecule has 0 saturated heterocycles. The maximum absolute atomic E-state index is 14.0. The first kappa shape index (κ1) is 12.8. The molecule has 0 aliphatic carbocycles. The lowest BCUT2D eigenvalue weighted by Crippen LogP contribution is -2.35. The number of halogens is 2. The minimum Gasteiger partial charge on any atom is -0.368 e. The van der Waals surface area contributed by atoms with Crippen LogP contribution < -0.4 is 10.2 Å². The van der Waals surface area contributed by atoms with Crippen LogP contribution in [0.25, 0.3) is 0 Å². The molecule has 0 bridgehead atoms. The first-order valence-corrected chi connectivity index (χ1v) is 6.54. The lowest BCUT2D eigenvalue weighted by atomic mass is 10.3. The number of nitrogens with one attached hydrogen (secondary N) is 1. The Morgan fingerprint density at radius 3 is 2.95 bits per heavy atom. The monoisotopic (exact) mass is 279 g/mol. The van der Waals surface area contributed by atoms with Crippen molar-refractivity contribution >= 4 is 11.6 Å². The molecule has 1 N–H and O–H groups in total. The number of anilines is 2. The maximum Gasteiger partial charge on any atom is 0.168 e. The predicted octanol–water partition coefficient (Wildman–Crippen LogP) is 2.01. The largest absolute Gasteiger partial charge is 0.368 e. The predicted molar refractivity (Wildman–Crippen MR) is 71.6 cm³/mol. The summed E-state index contributed by atoms with van der Waals surface area (Å²) >= 11 is 0. The van der Waals surface area contributed by atoms with E-state index in [4.69, 9.17) is 0 Å². The summed E-state index contributed by atoms with van der Waals surface area (Å²) in [6.45, 7) is 4.16. The van der Waals surface area contributed by atoms with Crippen molar-refractivity contribution in [3.8, 4) is 0 Å². The van der Waals surface area contributed by atoms with Gasteiger partial charge in [0.2, 0.25) is 0 Å². The molecule has 5 nitrogen and oxygen atoms in total. The lowest BCUT2D eigenvalue weighted by Gasteiger charge is -2.29. The van der Waals surface area contributed by atoms with Crippen molar-refractivity contribution in [2.45, 2.75) is 20.0 Å². The highest BCUT2D eigenvalue weighted by Gasteiger charge is 2.22. The quantitative estimate of drug-likeness (QED) is 0.933. The van der Waals surface area contributed by atoms with Gasteiger partial charge in [0, 0.05) is 38.1 Å². The Kier molecular flexibility index (Phi) is 3.25. The summed E-state index contributed by atoms with van der Waals surface area (Å²) in [6.07, 6.45) is 3.61. The second kappa shape index (κ2) is 5.07. The number of hydrogen-bond donors (Lipinski definition) is 1. The van der Waals surface area contributed by atoms with Crippen LogP contribution in [0.15, 0.2) is 18.5 Å². The summed E-state index contributed by atoms with van der Waals surface area (Å²) in [4.78, 5) is 10.1. The van der Waals surface area contributed by atoms with Crippen LogP contribution in [0.2, 0.25) is 0 Å². The minimum atomic E-state index is -0.674. The molecule has 0 fully saturated rings. The fourth-order valence-electron chi connectivity index (χ4n) is 2.32. The van der Waals surface area contributed by atoms with Crippen molar-refractivity contribution in [2.24, 2.45) is 0 Å². The van der Waals surface area contributed by atoms with E-state index in [9.17, 15) is 8.78 Å². The molecule has 0 spiro atoms. The molecule has 0 saturated carbocycles. The smallest absolute Gasteiger partial charge is 0.168 e. The Morgan fingerprint density at radius 1 is 1.30 bits per heavy atom. The zero-order valence-electron chi connectivity index (χ0n) is 11.1. The van der Waals surface area contributed by atoms with E-state index < -0.39 is 11.6 Å². The maximum atomic E-state index is 14.0. The molecular formula is C13H15F2N5. The molecule has 20 heavy (non-hydrogen) atoms. The second-order valence-electron chi connectivity index (χ2n) is 4.61. The Balaban J connectivity index is 1.92. The average Bonchev–Trinajstić information content (AvgIpc) is 2.89. The van der Waals surface area contributed by atoms with Crippen LogP contribution in [-0.2, 0) is 13.1 Å². The number of nitrogens with zero attached hydrogens (tertiary/aromatic N) is 4. The minimum absolute atomic E-state index is 0.0813. The van der Waals surface area contributed by atoms with Crippen LogP contribution in [0.5, 0.6) is 0 Å². The second-order valence-corrected chi connectivity index (χ2v) is 4.61. The van der Waals surface area contributed by atoms with Crippen molar-refractivity contribution in [1.29, 1.82) is 0 Å². The molecule has 0 radical (unpaired) electrons. The van der Waals surface area contributed by atoms with E-state index >= 15 is 0 Å². The Labute approximate surface area is 115 Å². The molecule has 1 aliphatic rings. The van der Waals surface area contributed by atoms with Gasteiger partial charge in [-0.15, -0.1) is 0 Å². The SMILES string of the molecule is CCNc1nc(N2CCn3ccnc3C2)c(F)cc1F. The van der Waals surface area contributed by atoms with Crippen molar-refractivity contribution < 1.29 is 8.78 Å². The van der Waals surface area contributed by atoms with Crippen LogP contribution in [0.1, 0.15) is 12.7 Å². The zero-order valence-corrected chi connectivity index (χ0v) is 11.1. The van der Waals surface area contributed by atoms with Gasteiger partial charge in [0.1, 0.15) is 5.82 Å². The molecule has 7 heteroatoms. The van der Waals surface area contributed by atoms with Gasteiger partial charge >= 0.3 is 0 Å². The fraction of sp³-hybridized carbons (Fsp3) is 0.385. The molecule has 0 atom stereocenters. The molecule has 3 heterocycles. The zero-order chi connectivity index (χ0) is 14.1. The molecule has 0 unspecified atom stereocenters. The highest BCUT2D eigenvalue weighted by atomic mass is 19.1. The van der Waals surface area contributed by atoms with E-state index in [1.807, 2.05) is 17.7 Å². The average molecular weight is 279 g/mol. The highest BCUT2D eigenvalue weighted by Crippen LogP contribution is 2.25. The number of hydrogen-bond acceptors (Lipinski definition) is 4. The van der Waals surface area contributed by atoms with Crippen LogP contribution in [-0.4, -0.2) is 27.6 Å². The van der Waals surface area contributed by atoms with Gasteiger partial charge < -0.3 is 14.8 Å². The van der Waals surface area contributed by atoms with E-state index in [-0.39, 0.29) is 11.6 Å². The van der Waals surface area contributed by atoms with Gasteiger partial charge in [-0.1, -0.05) is 0 Å². The molecule has 2 aromatic heterocycles. The van der Waals surface area contributed by atoms with Crippen LogP contribution >= 0.6 is 0 Å². The molecular weight excluding hydrogens is 264 g/mol. The number of rotatable bonds is 3. The number of pyridine rings is 1. The van der Waals surface area contributed by atoms with Gasteiger partial charge in [0.25, 0.3) is 0 Å². The molecule has 106 valence electrons. The number of imidazole rings is 1. The summed E-state index contributed by atoms with van der Waals surface area (Å²) in [7, 11) is 0. The Bertz CT molecular complexity index is 625. The van der Waals surface area contributed by atoms with Gasteiger partial charge in [0.15, 0.2) is 23.3 Å². The van der Waals surface area contributed by atoms with Gasteiger partial charge in [-0.25, -0.2) is 18.7 Å². The first-order chi connectivity index (χ1) is 9.69. The normalized spacial score (nSPS) is 14.2. The third-order valence-corrected chi connectivity index (χ3v) is 3.30. The van der Waals surface area contributed by atoms with E-state index in [1.165, 1.54) is 0 Å². The van der Waals surface area contributed by atoms with Crippen molar-refractivity contribution in [2.75, 3.05) is 23.3 Å². The van der Waals surface area contributed by atoms with E-state index in [1.54, 1.807) is 11.1 Å². The summed E-state index contributed by atoms with van der Waals surface area (Å²) in [5, 5.41) is 2.80. The lowest BCUT2D eigenvalue weighted by molar-refractivity contribution is 0.529. The van der Waals surface area contributed by atoms with Gasteiger partial charge in [-0.3, -0.25) is 0 Å². The third kappa shape index (κ3) is 2.19. The van der Waals surface area contributed by atoms with Crippen LogP contribution in [0.3, 0.4) is 0 Å². The van der Waals surface area contributed by atoms with Crippen LogP contribution in [0.4, 0.5) is 20.4 Å². The van der Waals surface area contributed by atoms with E-state index in [0.29, 0.717) is 26.2 Å². The summed E-state index contributed by atoms with van der Waals surface area (Å²) in [5.74, 6) is -0.225. The van der Waals surface area contributed by atoms with Crippen LogP contribution in [0, 0.1) is 11.6 Å². The Morgan fingerprint density at radius 2 is 2.15 bits per heavy atom. The van der Waals surface area contributed by atoms with Crippen molar-refractivity contribution in [3.63, 3.8) is 0 Å². The molecule has 0 aromatic carbocycles.